The van der Waals surface area contributed by atoms with Gasteiger partial charge in [0.2, 0.25) is 0 Å². The van der Waals surface area contributed by atoms with Crippen molar-refractivity contribution in [1.82, 2.24) is 4.98 Å². The van der Waals surface area contributed by atoms with E-state index < -0.39 is 11.8 Å². The minimum Gasteiger partial charge on any atom is -0.478 e. The average molecular weight is 296 g/mol. The summed E-state index contributed by atoms with van der Waals surface area (Å²) in [5.74, 6) is -1.51. The lowest BCUT2D eigenvalue weighted by Crippen LogP contribution is -1.99. The molecular formula is C12H7BrFNO2. The third-order valence-electron chi connectivity index (χ3n) is 2.19. The van der Waals surface area contributed by atoms with Gasteiger partial charge in [-0.2, -0.15) is 0 Å². The Hall–Kier alpha value is -1.75. The van der Waals surface area contributed by atoms with E-state index in [1.807, 2.05) is 0 Å². The molecule has 0 atom stereocenters. The predicted molar refractivity (Wildman–Crippen MR) is 64.3 cm³/mol. The van der Waals surface area contributed by atoms with Crippen molar-refractivity contribution in [3.8, 4) is 11.3 Å². The van der Waals surface area contributed by atoms with Crippen molar-refractivity contribution < 1.29 is 14.3 Å². The van der Waals surface area contributed by atoms with Gasteiger partial charge in [0.15, 0.2) is 0 Å². The van der Waals surface area contributed by atoms with Gasteiger partial charge in [0.25, 0.3) is 0 Å². The number of aromatic carboxylic acids is 1. The molecule has 17 heavy (non-hydrogen) atoms. The fraction of sp³-hybridized carbons (Fsp3) is 0. The van der Waals surface area contributed by atoms with Crippen LogP contribution in [0, 0.1) is 5.82 Å². The van der Waals surface area contributed by atoms with Gasteiger partial charge in [0.1, 0.15) is 10.4 Å². The smallest absolute Gasteiger partial charge is 0.335 e. The van der Waals surface area contributed by atoms with Gasteiger partial charge in [-0.15, -0.1) is 0 Å². The second kappa shape index (κ2) is 4.63. The van der Waals surface area contributed by atoms with Crippen LogP contribution in [0.5, 0.6) is 0 Å². The molecule has 0 radical (unpaired) electrons. The standard InChI is InChI=1S/C12H7BrFNO2/c13-11-6-7(12(16)17)5-10(15-11)8-3-1-2-4-9(8)14/h1-6H,(H,16,17). The van der Waals surface area contributed by atoms with Gasteiger partial charge in [-0.1, -0.05) is 12.1 Å². The van der Waals surface area contributed by atoms with Gasteiger partial charge < -0.3 is 5.11 Å². The normalized spacial score (nSPS) is 10.2. The van der Waals surface area contributed by atoms with E-state index in [0.717, 1.165) is 0 Å². The second-order valence-corrected chi connectivity index (χ2v) is 4.16. The zero-order valence-electron chi connectivity index (χ0n) is 8.52. The van der Waals surface area contributed by atoms with E-state index in [2.05, 4.69) is 20.9 Å². The molecular weight excluding hydrogens is 289 g/mol. The molecule has 86 valence electrons. The minimum atomic E-state index is -1.08. The molecule has 0 bridgehead atoms. The van der Waals surface area contributed by atoms with E-state index in [1.54, 1.807) is 18.2 Å². The number of carbonyl (C=O) groups is 1. The molecule has 0 aliphatic rings. The molecule has 2 rings (SSSR count). The number of hydrogen-bond donors (Lipinski definition) is 1. The Morgan fingerprint density at radius 3 is 2.65 bits per heavy atom. The number of rotatable bonds is 2. The van der Waals surface area contributed by atoms with Gasteiger partial charge in [-0.3, -0.25) is 0 Å². The third kappa shape index (κ3) is 2.50. The molecule has 0 fully saturated rings. The summed E-state index contributed by atoms with van der Waals surface area (Å²) in [4.78, 5) is 14.9. The molecule has 3 nitrogen and oxygen atoms in total. The number of benzene rings is 1. The molecule has 1 N–H and O–H groups in total. The monoisotopic (exact) mass is 295 g/mol. The summed E-state index contributed by atoms with van der Waals surface area (Å²) >= 11 is 3.11. The molecule has 0 saturated carbocycles. The quantitative estimate of drug-likeness (QED) is 0.865. The van der Waals surface area contributed by atoms with Crippen LogP contribution in [-0.2, 0) is 0 Å². The summed E-state index contributed by atoms with van der Waals surface area (Å²) < 4.78 is 13.9. The number of hydrogen-bond acceptors (Lipinski definition) is 2. The van der Waals surface area contributed by atoms with Crippen LogP contribution in [0.25, 0.3) is 11.3 Å². The SMILES string of the molecule is O=C(O)c1cc(Br)nc(-c2ccccc2F)c1. The first kappa shape index (κ1) is 11.7. The molecule has 0 saturated heterocycles. The Balaban J connectivity index is 2.60. The topological polar surface area (TPSA) is 50.2 Å². The Bertz CT molecular complexity index is 586. The first-order valence-electron chi connectivity index (χ1n) is 4.73. The van der Waals surface area contributed by atoms with E-state index >= 15 is 0 Å². The highest BCUT2D eigenvalue weighted by Gasteiger charge is 2.11. The molecule has 0 aliphatic heterocycles. The predicted octanol–water partition coefficient (Wildman–Crippen LogP) is 3.35. The summed E-state index contributed by atoms with van der Waals surface area (Å²) in [5.41, 5.74) is 0.622. The summed E-state index contributed by atoms with van der Waals surface area (Å²) in [6.45, 7) is 0. The van der Waals surface area contributed by atoms with Crippen LogP contribution >= 0.6 is 15.9 Å². The molecule has 0 spiro atoms. The van der Waals surface area contributed by atoms with Crippen LogP contribution in [0.2, 0.25) is 0 Å². The Morgan fingerprint density at radius 1 is 1.29 bits per heavy atom. The largest absolute Gasteiger partial charge is 0.478 e. The van der Waals surface area contributed by atoms with Crippen molar-refractivity contribution >= 4 is 21.9 Å². The fourth-order valence-electron chi connectivity index (χ4n) is 1.43. The van der Waals surface area contributed by atoms with Gasteiger partial charge >= 0.3 is 5.97 Å². The summed E-state index contributed by atoms with van der Waals surface area (Å²) in [5, 5.41) is 8.91. The highest BCUT2D eigenvalue weighted by atomic mass is 79.9. The number of carboxylic acid groups (broad SMARTS) is 1. The lowest BCUT2D eigenvalue weighted by atomic mass is 10.1. The van der Waals surface area contributed by atoms with E-state index in [-0.39, 0.29) is 16.8 Å². The molecule has 1 heterocycles. The number of carboxylic acids is 1. The average Bonchev–Trinajstić information content (AvgIpc) is 2.28. The zero-order chi connectivity index (χ0) is 12.4. The maximum atomic E-state index is 13.5. The van der Waals surface area contributed by atoms with Crippen LogP contribution in [0.1, 0.15) is 10.4 Å². The lowest BCUT2D eigenvalue weighted by Gasteiger charge is -2.04. The van der Waals surface area contributed by atoms with Crippen molar-refractivity contribution in [1.29, 1.82) is 0 Å². The van der Waals surface area contributed by atoms with Crippen molar-refractivity contribution in [3.05, 3.63) is 52.4 Å². The van der Waals surface area contributed by atoms with Crippen LogP contribution in [0.3, 0.4) is 0 Å². The third-order valence-corrected chi connectivity index (χ3v) is 2.60. The van der Waals surface area contributed by atoms with Crippen LogP contribution in [0.15, 0.2) is 41.0 Å². The van der Waals surface area contributed by atoms with E-state index in [1.165, 1.54) is 18.2 Å². The molecule has 0 amide bonds. The number of halogens is 2. The first-order valence-corrected chi connectivity index (χ1v) is 5.53. The van der Waals surface area contributed by atoms with Crippen LogP contribution in [-0.4, -0.2) is 16.1 Å². The molecule has 0 unspecified atom stereocenters. The number of aromatic nitrogens is 1. The van der Waals surface area contributed by atoms with Gasteiger partial charge in [-0.25, -0.2) is 14.2 Å². The van der Waals surface area contributed by atoms with Crippen molar-refractivity contribution in [3.63, 3.8) is 0 Å². The van der Waals surface area contributed by atoms with Gasteiger partial charge in [0.05, 0.1) is 11.3 Å². The molecule has 0 aliphatic carbocycles. The van der Waals surface area contributed by atoms with Crippen molar-refractivity contribution in [2.75, 3.05) is 0 Å². The second-order valence-electron chi connectivity index (χ2n) is 3.35. The van der Waals surface area contributed by atoms with Gasteiger partial charge in [-0.05, 0) is 40.2 Å². The summed E-state index contributed by atoms with van der Waals surface area (Å²) in [6.07, 6.45) is 0. The molecule has 1 aromatic heterocycles. The maximum absolute atomic E-state index is 13.5. The fourth-order valence-corrected chi connectivity index (χ4v) is 1.86. The number of nitrogens with zero attached hydrogens (tertiary/aromatic N) is 1. The highest BCUT2D eigenvalue weighted by molar-refractivity contribution is 9.10. The van der Waals surface area contributed by atoms with Crippen LogP contribution in [0.4, 0.5) is 4.39 Å². The molecule has 5 heteroatoms. The Labute approximate surface area is 105 Å². The molecule has 2 aromatic rings. The summed E-state index contributed by atoms with van der Waals surface area (Å²) in [6, 6.07) is 8.79. The summed E-state index contributed by atoms with van der Waals surface area (Å²) in [7, 11) is 0. The Morgan fingerprint density at radius 2 is 2.00 bits per heavy atom. The highest BCUT2D eigenvalue weighted by Crippen LogP contribution is 2.23. The Kier molecular flexibility index (Phi) is 3.19. The molecule has 1 aromatic carbocycles. The maximum Gasteiger partial charge on any atom is 0.335 e. The first-order chi connectivity index (χ1) is 8.08. The zero-order valence-corrected chi connectivity index (χ0v) is 10.1. The minimum absolute atomic E-state index is 0.0603. The van der Waals surface area contributed by atoms with Crippen molar-refractivity contribution in [2.45, 2.75) is 0 Å². The lowest BCUT2D eigenvalue weighted by molar-refractivity contribution is 0.0696. The van der Waals surface area contributed by atoms with Crippen LogP contribution < -0.4 is 0 Å². The van der Waals surface area contributed by atoms with Gasteiger partial charge in [0, 0.05) is 5.56 Å². The van der Waals surface area contributed by atoms with E-state index in [9.17, 15) is 9.18 Å². The number of pyridine rings is 1. The van der Waals surface area contributed by atoms with E-state index in [0.29, 0.717) is 4.60 Å². The van der Waals surface area contributed by atoms with E-state index in [4.69, 9.17) is 5.11 Å². The van der Waals surface area contributed by atoms with Crippen molar-refractivity contribution in [2.24, 2.45) is 0 Å².